The van der Waals surface area contributed by atoms with Gasteiger partial charge in [-0.2, -0.15) is 5.26 Å². The molecule has 0 unspecified atom stereocenters. The molecule has 39 heavy (non-hydrogen) atoms. The molecule has 2 fully saturated rings. The van der Waals surface area contributed by atoms with Gasteiger partial charge in [0.1, 0.15) is 12.1 Å². The fourth-order valence-corrected chi connectivity index (χ4v) is 5.62. The Morgan fingerprint density at radius 1 is 1.28 bits per heavy atom. The summed E-state index contributed by atoms with van der Waals surface area (Å²) in [6.45, 7) is 4.07. The predicted octanol–water partition coefficient (Wildman–Crippen LogP) is 3.35. The van der Waals surface area contributed by atoms with E-state index in [1.54, 1.807) is 31.5 Å². The maximum absolute atomic E-state index is 14.1. The number of nitrogens with two attached hydrogens (primary N) is 1. The Morgan fingerprint density at radius 3 is 2.72 bits per heavy atom. The van der Waals surface area contributed by atoms with Gasteiger partial charge >= 0.3 is 0 Å². The fraction of sp³-hybridized carbons (Fsp3) is 0.433. The summed E-state index contributed by atoms with van der Waals surface area (Å²) in [5.41, 5.74) is 8.26. The van der Waals surface area contributed by atoms with E-state index in [1.165, 1.54) is 9.80 Å². The number of likely N-dealkylation sites (N-methyl/N-ethyl adjacent to an activating group) is 1. The van der Waals surface area contributed by atoms with Crippen molar-refractivity contribution in [3.05, 3.63) is 59.2 Å². The average Bonchev–Trinajstić information content (AvgIpc) is 3.61. The van der Waals surface area contributed by atoms with Gasteiger partial charge in [0.2, 0.25) is 11.8 Å². The average molecular weight is 527 g/mol. The van der Waals surface area contributed by atoms with Crippen molar-refractivity contribution in [3.8, 4) is 6.07 Å². The van der Waals surface area contributed by atoms with Gasteiger partial charge in [0.15, 0.2) is 0 Å². The molecule has 3 atom stereocenters. The van der Waals surface area contributed by atoms with Gasteiger partial charge < -0.3 is 20.9 Å². The van der Waals surface area contributed by atoms with E-state index in [4.69, 9.17) is 5.73 Å². The van der Waals surface area contributed by atoms with Crippen molar-refractivity contribution in [1.82, 2.24) is 9.80 Å². The van der Waals surface area contributed by atoms with Crippen molar-refractivity contribution in [2.24, 2.45) is 10.9 Å². The van der Waals surface area contributed by atoms with E-state index >= 15 is 0 Å². The van der Waals surface area contributed by atoms with E-state index in [0.717, 1.165) is 18.4 Å². The number of amides is 3. The number of nitrogens with one attached hydrogen (secondary N) is 1. The van der Waals surface area contributed by atoms with E-state index in [9.17, 15) is 19.6 Å². The second-order valence-corrected chi connectivity index (χ2v) is 11.3. The van der Waals surface area contributed by atoms with Gasteiger partial charge in [-0.05, 0) is 55.0 Å². The highest BCUT2D eigenvalue weighted by atomic mass is 16.2. The Morgan fingerprint density at radius 2 is 2.03 bits per heavy atom. The third kappa shape index (κ3) is 4.87. The van der Waals surface area contributed by atoms with Crippen molar-refractivity contribution < 1.29 is 14.4 Å². The van der Waals surface area contributed by atoms with E-state index in [0.29, 0.717) is 35.0 Å². The van der Waals surface area contributed by atoms with Crippen LogP contribution in [-0.4, -0.2) is 65.5 Å². The molecule has 1 aliphatic carbocycles. The molecule has 0 aromatic heterocycles. The van der Waals surface area contributed by atoms with Crippen LogP contribution in [0.4, 0.5) is 11.4 Å². The highest BCUT2D eigenvalue weighted by Crippen LogP contribution is 2.46. The van der Waals surface area contributed by atoms with Crippen molar-refractivity contribution in [1.29, 1.82) is 5.26 Å². The lowest BCUT2D eigenvalue weighted by molar-refractivity contribution is -0.136. The van der Waals surface area contributed by atoms with E-state index < -0.39 is 17.5 Å². The zero-order valence-corrected chi connectivity index (χ0v) is 22.6. The number of nitrogen functional groups attached to an aromatic ring is 1. The van der Waals surface area contributed by atoms with Crippen molar-refractivity contribution in [3.63, 3.8) is 0 Å². The molecular weight excluding hydrogens is 492 g/mol. The van der Waals surface area contributed by atoms with Crippen LogP contribution >= 0.6 is 0 Å². The van der Waals surface area contributed by atoms with Crippen LogP contribution < -0.4 is 11.1 Å². The van der Waals surface area contributed by atoms with Crippen LogP contribution in [0.5, 0.6) is 0 Å². The molecule has 0 bridgehead atoms. The Kier molecular flexibility index (Phi) is 6.89. The fourth-order valence-electron chi connectivity index (χ4n) is 5.62. The number of hydrogen-bond acceptors (Lipinski definition) is 6. The van der Waals surface area contributed by atoms with Crippen molar-refractivity contribution >= 4 is 35.3 Å². The van der Waals surface area contributed by atoms with E-state index in [-0.39, 0.29) is 36.6 Å². The molecule has 3 amide bonds. The lowest BCUT2D eigenvalue weighted by Gasteiger charge is -2.33. The molecule has 2 aromatic rings. The summed E-state index contributed by atoms with van der Waals surface area (Å²) >= 11 is 0. The van der Waals surface area contributed by atoms with Crippen LogP contribution in [0.3, 0.4) is 0 Å². The first-order chi connectivity index (χ1) is 18.6. The number of para-hydroxylation sites is 1. The normalized spacial score (nSPS) is 22.7. The monoisotopic (exact) mass is 526 g/mol. The smallest absolute Gasteiger partial charge is 0.254 e. The van der Waals surface area contributed by atoms with Gasteiger partial charge in [-0.1, -0.05) is 32.0 Å². The Labute approximate surface area is 228 Å². The molecule has 2 heterocycles. The highest BCUT2D eigenvalue weighted by Gasteiger charge is 2.56. The standard InChI is InChI=1S/C30H34N6O3/c1-18(2)12-26(35(3)27(37)19-8-11-24(32)20(13-19)16-33-21-9-10-21)28(38)36-17-30(14-22(36)15-31)23-6-4-5-7-25(23)34-29(30)39/h4-8,11,13,16,18,21-22,26H,9-10,12,14,17,32H2,1-3H3,(H,34,39)/t22-,26-,30-/m0/s1. The number of hydrogen-bond donors (Lipinski definition) is 2. The number of anilines is 2. The third-order valence-corrected chi connectivity index (χ3v) is 7.99. The Balaban J connectivity index is 1.42. The SMILES string of the molecule is CC(C)C[C@@H](C(=O)N1C[C@]2(C[C@H]1C#N)C(=O)Nc1ccccc12)N(C)C(=O)c1ccc(N)c(C=NC2CC2)c1. The summed E-state index contributed by atoms with van der Waals surface area (Å²) in [5, 5.41) is 12.9. The summed E-state index contributed by atoms with van der Waals surface area (Å²) < 4.78 is 0. The molecule has 5 rings (SSSR count). The first-order valence-corrected chi connectivity index (χ1v) is 13.5. The van der Waals surface area contributed by atoms with Gasteiger partial charge in [0.25, 0.3) is 5.91 Å². The van der Waals surface area contributed by atoms with Crippen LogP contribution in [0, 0.1) is 17.2 Å². The maximum atomic E-state index is 14.1. The quantitative estimate of drug-likeness (QED) is 0.422. The number of aliphatic imine (C=N–C) groups is 1. The number of rotatable bonds is 7. The lowest BCUT2D eigenvalue weighted by Crippen LogP contribution is -2.52. The highest BCUT2D eigenvalue weighted by molar-refractivity contribution is 6.07. The number of nitriles is 1. The van der Waals surface area contributed by atoms with E-state index in [2.05, 4.69) is 16.4 Å². The molecular formula is C30H34N6O3. The predicted molar refractivity (Wildman–Crippen MR) is 149 cm³/mol. The minimum atomic E-state index is -0.982. The first kappa shape index (κ1) is 26.4. The number of carbonyl (C=O) groups is 3. The van der Waals surface area contributed by atoms with Crippen LogP contribution in [0.25, 0.3) is 0 Å². The number of benzene rings is 2. The molecule has 2 aliphatic heterocycles. The van der Waals surface area contributed by atoms with Crippen molar-refractivity contribution in [2.75, 3.05) is 24.6 Å². The number of carbonyl (C=O) groups excluding carboxylic acids is 3. The van der Waals surface area contributed by atoms with Crippen molar-refractivity contribution in [2.45, 2.75) is 63.1 Å². The Hall–Kier alpha value is -4.19. The van der Waals surface area contributed by atoms with Crippen LogP contribution in [0.15, 0.2) is 47.5 Å². The van der Waals surface area contributed by atoms with Gasteiger partial charge in [-0.25, -0.2) is 0 Å². The molecule has 2 aromatic carbocycles. The summed E-state index contributed by atoms with van der Waals surface area (Å²) in [6.07, 6.45) is 4.46. The topological polar surface area (TPSA) is 132 Å². The molecule has 1 spiro atoms. The summed E-state index contributed by atoms with van der Waals surface area (Å²) in [4.78, 5) is 48.4. The second-order valence-electron chi connectivity index (χ2n) is 11.3. The van der Waals surface area contributed by atoms with Crippen LogP contribution in [0.2, 0.25) is 0 Å². The van der Waals surface area contributed by atoms with E-state index in [1.807, 2.05) is 38.1 Å². The van der Waals surface area contributed by atoms with Crippen LogP contribution in [-0.2, 0) is 15.0 Å². The summed E-state index contributed by atoms with van der Waals surface area (Å²) in [7, 11) is 1.62. The first-order valence-electron chi connectivity index (χ1n) is 13.5. The van der Waals surface area contributed by atoms with Gasteiger partial charge in [-0.3, -0.25) is 19.4 Å². The molecule has 3 aliphatic rings. The maximum Gasteiger partial charge on any atom is 0.254 e. The summed E-state index contributed by atoms with van der Waals surface area (Å²) in [6, 6.07) is 13.4. The summed E-state index contributed by atoms with van der Waals surface area (Å²) in [5.74, 6) is -0.742. The molecule has 3 N–H and O–H groups in total. The number of fused-ring (bicyclic) bond motifs is 2. The number of nitrogens with zero attached hydrogens (tertiary/aromatic N) is 4. The zero-order chi connectivity index (χ0) is 27.9. The van der Waals surface area contributed by atoms with Gasteiger partial charge in [0, 0.05) is 48.7 Å². The Bertz CT molecular complexity index is 1390. The molecule has 0 radical (unpaired) electrons. The molecule has 1 saturated heterocycles. The second kappa shape index (κ2) is 10.2. The minimum Gasteiger partial charge on any atom is -0.398 e. The van der Waals surface area contributed by atoms with Gasteiger partial charge in [-0.15, -0.1) is 0 Å². The minimum absolute atomic E-state index is 0.0905. The largest absolute Gasteiger partial charge is 0.398 e. The van der Waals surface area contributed by atoms with Crippen LogP contribution in [0.1, 0.15) is 61.0 Å². The number of likely N-dealkylation sites (tertiary alicyclic amines) is 1. The molecule has 9 nitrogen and oxygen atoms in total. The third-order valence-electron chi connectivity index (χ3n) is 7.99. The zero-order valence-electron chi connectivity index (χ0n) is 22.6. The lowest BCUT2D eigenvalue weighted by atomic mass is 9.80. The molecule has 202 valence electrons. The molecule has 1 saturated carbocycles. The molecule has 9 heteroatoms. The van der Waals surface area contributed by atoms with Gasteiger partial charge in [0.05, 0.1) is 17.5 Å².